The van der Waals surface area contributed by atoms with Crippen LogP contribution >= 0.6 is 0 Å². The lowest BCUT2D eigenvalue weighted by molar-refractivity contribution is -0.319. The fourth-order valence-corrected chi connectivity index (χ4v) is 1.15. The van der Waals surface area contributed by atoms with Gasteiger partial charge in [0.15, 0.2) is 6.10 Å². The molecule has 0 aromatic heterocycles. The molecule has 1 atom stereocenters. The highest BCUT2D eigenvalue weighted by atomic mass is 17.2. The lowest BCUT2D eigenvalue weighted by Crippen LogP contribution is -2.27. The number of ether oxygens (including phenoxy) is 1. The summed E-state index contributed by atoms with van der Waals surface area (Å²) in [5, 5.41) is 0. The molecule has 0 amide bonds. The fourth-order valence-electron chi connectivity index (χ4n) is 1.15. The molecule has 0 N–H and O–H groups in total. The minimum atomic E-state index is -0.572. The zero-order valence-electron chi connectivity index (χ0n) is 10.7. The molecule has 0 aliphatic rings. The van der Waals surface area contributed by atoms with Crippen LogP contribution in [0.2, 0.25) is 0 Å². The van der Waals surface area contributed by atoms with E-state index in [1.807, 2.05) is 6.92 Å². The van der Waals surface area contributed by atoms with Crippen LogP contribution < -0.4 is 0 Å². The topological polar surface area (TPSA) is 44.8 Å². The van der Waals surface area contributed by atoms with Crippen LogP contribution in [0.1, 0.15) is 52.9 Å². The molecule has 0 saturated carbocycles. The number of carbonyl (C=O) groups is 1. The van der Waals surface area contributed by atoms with Crippen LogP contribution in [0, 0.1) is 0 Å². The minimum Gasteiger partial charge on any atom is -0.464 e. The number of rotatable bonds is 10. The molecule has 96 valence electrons. The highest BCUT2D eigenvalue weighted by Gasteiger charge is 2.21. The third kappa shape index (κ3) is 7.65. The third-order valence-electron chi connectivity index (χ3n) is 2.13. The molecule has 0 aliphatic carbocycles. The smallest absolute Gasteiger partial charge is 0.338 e. The summed E-state index contributed by atoms with van der Waals surface area (Å²) in [6, 6.07) is 0. The number of hydrogen-bond acceptors (Lipinski definition) is 4. The van der Waals surface area contributed by atoms with Crippen molar-refractivity contribution in [1.82, 2.24) is 0 Å². The van der Waals surface area contributed by atoms with Crippen LogP contribution in [0.25, 0.3) is 0 Å². The summed E-state index contributed by atoms with van der Waals surface area (Å²) in [5.41, 5.74) is 0. The summed E-state index contributed by atoms with van der Waals surface area (Å²) in [7, 11) is 0. The molecule has 0 radical (unpaired) electrons. The predicted octanol–water partition coefficient (Wildman–Crippen LogP) is 2.86. The molecule has 4 heteroatoms. The average Bonchev–Trinajstić information content (AvgIpc) is 2.29. The molecule has 0 fully saturated rings. The number of hydrogen-bond donors (Lipinski definition) is 0. The average molecular weight is 232 g/mol. The Hall–Kier alpha value is -0.610. The largest absolute Gasteiger partial charge is 0.464 e. The lowest BCUT2D eigenvalue weighted by atomic mass is 10.2. The molecule has 0 bridgehead atoms. The maximum Gasteiger partial charge on any atom is 0.338 e. The Morgan fingerprint density at radius 3 is 2.38 bits per heavy atom. The molecule has 0 aliphatic heterocycles. The molecular weight excluding hydrogens is 208 g/mol. The Bertz CT molecular complexity index is 162. The van der Waals surface area contributed by atoms with Gasteiger partial charge in [0.1, 0.15) is 0 Å². The number of esters is 1. The summed E-state index contributed by atoms with van der Waals surface area (Å²) in [6.45, 7) is 6.84. The first-order valence-electron chi connectivity index (χ1n) is 6.21. The molecule has 1 unspecified atom stereocenters. The van der Waals surface area contributed by atoms with Gasteiger partial charge in [-0.1, -0.05) is 33.1 Å². The highest BCUT2D eigenvalue weighted by molar-refractivity contribution is 5.74. The number of carbonyl (C=O) groups excluding carboxylic acids is 1. The van der Waals surface area contributed by atoms with E-state index in [9.17, 15) is 4.79 Å². The second kappa shape index (κ2) is 10.9. The van der Waals surface area contributed by atoms with Crippen LogP contribution in [-0.4, -0.2) is 25.3 Å². The molecule has 0 spiro atoms. The van der Waals surface area contributed by atoms with Gasteiger partial charge in [-0.15, -0.1) is 0 Å². The van der Waals surface area contributed by atoms with E-state index in [1.165, 1.54) is 0 Å². The molecule has 0 aromatic carbocycles. The maximum absolute atomic E-state index is 11.6. The monoisotopic (exact) mass is 232 g/mol. The first-order valence-corrected chi connectivity index (χ1v) is 6.21. The second-order valence-electron chi connectivity index (χ2n) is 3.65. The van der Waals surface area contributed by atoms with E-state index in [0.717, 1.165) is 25.7 Å². The summed E-state index contributed by atoms with van der Waals surface area (Å²) >= 11 is 0. The van der Waals surface area contributed by atoms with E-state index in [1.54, 1.807) is 0 Å². The molecular formula is C12H24O4. The van der Waals surface area contributed by atoms with Gasteiger partial charge in [-0.25, -0.2) is 14.6 Å². The summed E-state index contributed by atoms with van der Waals surface area (Å²) in [5.74, 6) is -0.310. The zero-order chi connectivity index (χ0) is 12.2. The normalized spacial score (nSPS) is 12.4. The molecule has 4 nitrogen and oxygen atoms in total. The molecule has 16 heavy (non-hydrogen) atoms. The van der Waals surface area contributed by atoms with Gasteiger partial charge in [-0.3, -0.25) is 0 Å². The van der Waals surface area contributed by atoms with Crippen LogP contribution in [0.4, 0.5) is 0 Å². The Labute approximate surface area is 98.2 Å². The summed E-state index contributed by atoms with van der Waals surface area (Å²) < 4.78 is 5.09. The van der Waals surface area contributed by atoms with E-state index >= 15 is 0 Å². The standard InChI is InChI=1S/C12H24O4/c1-4-7-9-11(16-15-6-3)12(13)14-10-8-5-2/h11H,4-10H2,1-3H3. The van der Waals surface area contributed by atoms with Gasteiger partial charge in [0.25, 0.3) is 0 Å². The van der Waals surface area contributed by atoms with Crippen LogP contribution in [0.15, 0.2) is 0 Å². The minimum absolute atomic E-state index is 0.310. The molecule has 0 heterocycles. The lowest BCUT2D eigenvalue weighted by Gasteiger charge is -2.14. The van der Waals surface area contributed by atoms with Gasteiger partial charge in [-0.2, -0.15) is 0 Å². The molecule has 0 aromatic rings. The van der Waals surface area contributed by atoms with Crippen LogP contribution in [-0.2, 0) is 19.3 Å². The quantitative estimate of drug-likeness (QED) is 0.251. The maximum atomic E-state index is 11.6. The van der Waals surface area contributed by atoms with Crippen LogP contribution in [0.5, 0.6) is 0 Å². The van der Waals surface area contributed by atoms with E-state index in [-0.39, 0.29) is 5.97 Å². The zero-order valence-corrected chi connectivity index (χ0v) is 10.7. The number of unbranched alkanes of at least 4 members (excludes halogenated alkanes) is 2. The van der Waals surface area contributed by atoms with Crippen molar-refractivity contribution in [3.05, 3.63) is 0 Å². The van der Waals surface area contributed by atoms with Crippen molar-refractivity contribution in [3.63, 3.8) is 0 Å². The van der Waals surface area contributed by atoms with E-state index in [2.05, 4.69) is 13.8 Å². The first-order chi connectivity index (χ1) is 7.76. The Kier molecular flexibility index (Phi) is 10.5. The Balaban J connectivity index is 3.88. The SMILES string of the molecule is CCCCOC(=O)C(CCCC)OOCC. The predicted molar refractivity (Wildman–Crippen MR) is 61.9 cm³/mol. The van der Waals surface area contributed by atoms with Gasteiger partial charge in [0, 0.05) is 0 Å². The molecule has 0 rings (SSSR count). The van der Waals surface area contributed by atoms with Crippen molar-refractivity contribution >= 4 is 5.97 Å². The van der Waals surface area contributed by atoms with Crippen molar-refractivity contribution in [2.75, 3.05) is 13.2 Å². The summed E-state index contributed by atoms with van der Waals surface area (Å²) in [4.78, 5) is 21.4. The van der Waals surface area contributed by atoms with Crippen molar-refractivity contribution in [3.8, 4) is 0 Å². The first kappa shape index (κ1) is 15.4. The van der Waals surface area contributed by atoms with Crippen molar-refractivity contribution in [2.45, 2.75) is 59.0 Å². The van der Waals surface area contributed by atoms with E-state index in [4.69, 9.17) is 14.5 Å². The van der Waals surface area contributed by atoms with Crippen LogP contribution in [0.3, 0.4) is 0 Å². The second-order valence-corrected chi connectivity index (χ2v) is 3.65. The van der Waals surface area contributed by atoms with Gasteiger partial charge in [0.2, 0.25) is 0 Å². The highest BCUT2D eigenvalue weighted by Crippen LogP contribution is 2.08. The van der Waals surface area contributed by atoms with Crippen molar-refractivity contribution in [1.29, 1.82) is 0 Å². The van der Waals surface area contributed by atoms with E-state index in [0.29, 0.717) is 19.6 Å². The van der Waals surface area contributed by atoms with Gasteiger partial charge in [-0.05, 0) is 19.8 Å². The van der Waals surface area contributed by atoms with Crippen molar-refractivity contribution in [2.24, 2.45) is 0 Å². The van der Waals surface area contributed by atoms with Gasteiger partial charge >= 0.3 is 5.97 Å². The third-order valence-corrected chi connectivity index (χ3v) is 2.13. The van der Waals surface area contributed by atoms with E-state index < -0.39 is 6.10 Å². The van der Waals surface area contributed by atoms with Gasteiger partial charge in [0.05, 0.1) is 13.2 Å². The molecule has 0 saturated heterocycles. The Morgan fingerprint density at radius 2 is 1.81 bits per heavy atom. The fraction of sp³-hybridized carbons (Fsp3) is 0.917. The summed E-state index contributed by atoms with van der Waals surface area (Å²) in [6.07, 6.45) is 3.94. The van der Waals surface area contributed by atoms with Crippen molar-refractivity contribution < 1.29 is 19.3 Å². The van der Waals surface area contributed by atoms with Gasteiger partial charge < -0.3 is 4.74 Å². The Morgan fingerprint density at radius 1 is 1.12 bits per heavy atom.